The van der Waals surface area contributed by atoms with E-state index in [1.165, 1.54) is 10.9 Å². The molecule has 0 spiro atoms. The maximum absolute atomic E-state index is 5.33. The number of anilines is 2. The molecule has 3 N–H and O–H groups in total. The molecule has 2 aromatic heterocycles. The third kappa shape index (κ3) is 2.99. The monoisotopic (exact) mass is 330 g/mol. The number of nitrogens with one attached hydrogen (secondary N) is 3. The molecule has 0 atom stereocenters. The first-order chi connectivity index (χ1) is 12.3. The highest BCUT2D eigenvalue weighted by atomic mass is 16.5. The number of fused-ring (bicyclic) bond motifs is 1. The summed E-state index contributed by atoms with van der Waals surface area (Å²) in [7, 11) is 1.66. The SMILES string of the molecule is COc1ccccc1NNc1ccc(-c2c[nH]c3cnccc23)cc1. The van der Waals surface area contributed by atoms with E-state index in [1.54, 1.807) is 7.11 Å². The maximum atomic E-state index is 5.33. The lowest BCUT2D eigenvalue weighted by Crippen LogP contribution is -2.09. The molecule has 25 heavy (non-hydrogen) atoms. The Morgan fingerprint density at radius 3 is 2.64 bits per heavy atom. The summed E-state index contributed by atoms with van der Waals surface area (Å²) < 4.78 is 5.33. The molecule has 0 fully saturated rings. The third-order valence-electron chi connectivity index (χ3n) is 4.13. The molecule has 5 nitrogen and oxygen atoms in total. The molecule has 0 aliphatic rings. The maximum Gasteiger partial charge on any atom is 0.143 e. The molecule has 4 rings (SSSR count). The number of nitrogens with zero attached hydrogens (tertiary/aromatic N) is 1. The second-order valence-corrected chi connectivity index (χ2v) is 5.65. The molecule has 0 radical (unpaired) electrons. The fourth-order valence-electron chi connectivity index (χ4n) is 2.83. The predicted octanol–water partition coefficient (Wildman–Crippen LogP) is 4.68. The number of methoxy groups -OCH3 is 1. The summed E-state index contributed by atoms with van der Waals surface area (Å²) in [4.78, 5) is 7.40. The van der Waals surface area contributed by atoms with Gasteiger partial charge in [0.05, 0.1) is 30.2 Å². The number of aromatic amines is 1. The average Bonchev–Trinajstić information content (AvgIpc) is 3.11. The van der Waals surface area contributed by atoms with Gasteiger partial charge >= 0.3 is 0 Å². The highest BCUT2D eigenvalue weighted by molar-refractivity contribution is 5.95. The van der Waals surface area contributed by atoms with Crippen molar-refractivity contribution in [3.63, 3.8) is 0 Å². The van der Waals surface area contributed by atoms with Gasteiger partial charge in [0.25, 0.3) is 0 Å². The van der Waals surface area contributed by atoms with Gasteiger partial charge in [-0.2, -0.15) is 0 Å². The lowest BCUT2D eigenvalue weighted by molar-refractivity contribution is 0.416. The molecule has 0 aliphatic carbocycles. The molecule has 0 saturated heterocycles. The standard InChI is InChI=1S/C20H18N4O/c1-25-20-5-3-2-4-18(20)24-23-15-8-6-14(7-9-15)17-12-22-19-13-21-11-10-16(17)19/h2-13,22-24H,1H3. The van der Waals surface area contributed by atoms with E-state index in [2.05, 4.69) is 33.0 Å². The zero-order chi connectivity index (χ0) is 17.1. The van der Waals surface area contributed by atoms with Crippen molar-refractivity contribution in [3.05, 3.63) is 73.2 Å². The average molecular weight is 330 g/mol. The van der Waals surface area contributed by atoms with E-state index < -0.39 is 0 Å². The lowest BCUT2D eigenvalue weighted by atomic mass is 10.1. The molecule has 4 aromatic rings. The van der Waals surface area contributed by atoms with Crippen LogP contribution in [0.15, 0.2) is 73.2 Å². The minimum Gasteiger partial charge on any atom is -0.495 e. The minimum absolute atomic E-state index is 0.791. The van der Waals surface area contributed by atoms with Gasteiger partial charge in [0.15, 0.2) is 0 Å². The van der Waals surface area contributed by atoms with Crippen LogP contribution in [-0.2, 0) is 0 Å². The van der Waals surface area contributed by atoms with Crippen molar-refractivity contribution in [2.45, 2.75) is 0 Å². The van der Waals surface area contributed by atoms with E-state index in [0.29, 0.717) is 0 Å². The van der Waals surface area contributed by atoms with Gasteiger partial charge in [-0.3, -0.25) is 10.4 Å². The van der Waals surface area contributed by atoms with Crippen LogP contribution in [0.3, 0.4) is 0 Å². The van der Waals surface area contributed by atoms with Gasteiger partial charge in [0.2, 0.25) is 0 Å². The van der Waals surface area contributed by atoms with E-state index in [1.807, 2.05) is 61.1 Å². The van der Waals surface area contributed by atoms with Crippen LogP contribution in [0.5, 0.6) is 5.75 Å². The smallest absolute Gasteiger partial charge is 0.143 e. The summed E-state index contributed by atoms with van der Waals surface area (Å²) >= 11 is 0. The van der Waals surface area contributed by atoms with Gasteiger partial charge in [0, 0.05) is 23.3 Å². The Morgan fingerprint density at radius 1 is 0.960 bits per heavy atom. The third-order valence-corrected chi connectivity index (χ3v) is 4.13. The van der Waals surface area contributed by atoms with Crippen LogP contribution in [-0.4, -0.2) is 17.1 Å². The van der Waals surface area contributed by atoms with E-state index >= 15 is 0 Å². The largest absolute Gasteiger partial charge is 0.495 e. The number of benzene rings is 2. The first kappa shape index (κ1) is 15.1. The number of para-hydroxylation sites is 2. The number of hydrogen-bond acceptors (Lipinski definition) is 4. The van der Waals surface area contributed by atoms with Crippen molar-refractivity contribution in [3.8, 4) is 16.9 Å². The van der Waals surface area contributed by atoms with Gasteiger partial charge in [0.1, 0.15) is 5.75 Å². The Bertz CT molecular complexity index is 992. The number of hydrazine groups is 1. The first-order valence-corrected chi connectivity index (χ1v) is 8.02. The fourth-order valence-corrected chi connectivity index (χ4v) is 2.83. The van der Waals surface area contributed by atoms with Crippen molar-refractivity contribution in [1.82, 2.24) is 9.97 Å². The summed E-state index contributed by atoms with van der Waals surface area (Å²) in [5.41, 5.74) is 11.6. The lowest BCUT2D eigenvalue weighted by Gasteiger charge is -2.13. The van der Waals surface area contributed by atoms with Gasteiger partial charge in [-0.25, -0.2) is 0 Å². The summed E-state index contributed by atoms with van der Waals surface area (Å²) in [5.74, 6) is 0.791. The minimum atomic E-state index is 0.791. The van der Waals surface area contributed by atoms with Crippen molar-refractivity contribution in [2.75, 3.05) is 18.0 Å². The molecule has 0 aliphatic heterocycles. The van der Waals surface area contributed by atoms with Crippen LogP contribution < -0.4 is 15.6 Å². The van der Waals surface area contributed by atoms with Gasteiger partial charge in [-0.15, -0.1) is 0 Å². The Hall–Kier alpha value is -3.47. The summed E-state index contributed by atoms with van der Waals surface area (Å²) in [6.07, 6.45) is 5.67. The molecule has 0 bridgehead atoms. The molecule has 5 heteroatoms. The molecule has 124 valence electrons. The Labute approximate surface area is 145 Å². The van der Waals surface area contributed by atoms with Crippen molar-refractivity contribution in [1.29, 1.82) is 0 Å². The summed E-state index contributed by atoms with van der Waals surface area (Å²) in [5, 5.41) is 1.17. The molecule has 2 heterocycles. The van der Waals surface area contributed by atoms with Crippen LogP contribution in [0, 0.1) is 0 Å². The molecule has 0 saturated carbocycles. The van der Waals surface area contributed by atoms with Gasteiger partial charge in [-0.05, 0) is 35.9 Å². The molecule has 0 unspecified atom stereocenters. The van der Waals surface area contributed by atoms with Crippen LogP contribution in [0.2, 0.25) is 0 Å². The Morgan fingerprint density at radius 2 is 1.80 bits per heavy atom. The van der Waals surface area contributed by atoms with Crippen LogP contribution in [0.4, 0.5) is 11.4 Å². The van der Waals surface area contributed by atoms with Crippen LogP contribution in [0.25, 0.3) is 22.0 Å². The van der Waals surface area contributed by atoms with Crippen LogP contribution >= 0.6 is 0 Å². The van der Waals surface area contributed by atoms with Gasteiger partial charge < -0.3 is 15.1 Å². The van der Waals surface area contributed by atoms with E-state index in [-0.39, 0.29) is 0 Å². The zero-order valence-electron chi connectivity index (χ0n) is 13.8. The second-order valence-electron chi connectivity index (χ2n) is 5.65. The molecule has 0 amide bonds. The molecular weight excluding hydrogens is 312 g/mol. The molecular formula is C20H18N4O. The normalized spacial score (nSPS) is 10.6. The van der Waals surface area contributed by atoms with Crippen LogP contribution in [0.1, 0.15) is 0 Å². The van der Waals surface area contributed by atoms with Crippen molar-refractivity contribution in [2.24, 2.45) is 0 Å². The topological polar surface area (TPSA) is 62.0 Å². The van der Waals surface area contributed by atoms with Crippen molar-refractivity contribution < 1.29 is 4.74 Å². The van der Waals surface area contributed by atoms with E-state index in [0.717, 1.165) is 28.2 Å². The highest BCUT2D eigenvalue weighted by Crippen LogP contribution is 2.29. The number of rotatable bonds is 5. The molecule has 2 aromatic carbocycles. The van der Waals surface area contributed by atoms with Crippen molar-refractivity contribution >= 4 is 22.3 Å². The number of H-pyrrole nitrogens is 1. The first-order valence-electron chi connectivity index (χ1n) is 8.02. The fraction of sp³-hybridized carbons (Fsp3) is 0.0500. The predicted molar refractivity (Wildman–Crippen MR) is 102 cm³/mol. The van der Waals surface area contributed by atoms with E-state index in [9.17, 15) is 0 Å². The Balaban J connectivity index is 1.52. The number of pyridine rings is 1. The number of ether oxygens (including phenoxy) is 1. The van der Waals surface area contributed by atoms with Gasteiger partial charge in [-0.1, -0.05) is 24.3 Å². The zero-order valence-corrected chi connectivity index (χ0v) is 13.8. The summed E-state index contributed by atoms with van der Waals surface area (Å²) in [6.45, 7) is 0. The quantitative estimate of drug-likeness (QED) is 0.465. The summed E-state index contributed by atoms with van der Waals surface area (Å²) in [6, 6.07) is 18.1. The van der Waals surface area contributed by atoms with E-state index in [4.69, 9.17) is 4.74 Å². The highest BCUT2D eigenvalue weighted by Gasteiger charge is 2.06. The Kier molecular flexibility index (Phi) is 3.96. The second kappa shape index (κ2) is 6.57. The number of hydrogen-bond donors (Lipinski definition) is 3. The number of aromatic nitrogens is 2.